The summed E-state index contributed by atoms with van der Waals surface area (Å²) in [6.45, 7) is 10.7. The molecule has 206 valence electrons. The second kappa shape index (κ2) is 12.7. The van der Waals surface area contributed by atoms with Gasteiger partial charge in [0.05, 0.1) is 30.5 Å². The number of hydrogen-bond donors (Lipinski definition) is 3. The van der Waals surface area contributed by atoms with Crippen LogP contribution in [0, 0.1) is 0 Å². The molecular weight excluding hydrogens is 496 g/mol. The van der Waals surface area contributed by atoms with Gasteiger partial charge in [0.2, 0.25) is 0 Å². The van der Waals surface area contributed by atoms with Gasteiger partial charge in [0.25, 0.3) is 5.91 Å². The van der Waals surface area contributed by atoms with Gasteiger partial charge in [-0.3, -0.25) is 4.79 Å². The second-order valence-corrected chi connectivity index (χ2v) is 16.3. The molecule has 1 saturated heterocycles. The fraction of sp³-hybridized carbons (Fsp3) is 0.667. The molecule has 0 spiro atoms. The largest absolute Gasteiger partial charge is 0.465 e. The summed E-state index contributed by atoms with van der Waals surface area (Å²) in [5, 5.41) is 15.6. The SMILES string of the molecule is COC[C@@H](C)NC(=O)c1cn(COCC[Si](C)(C)C)c2ncc(N[C@H]3CN(C(=O)O)CC[C@H]3OC)nc12. The Kier molecular flexibility index (Phi) is 9.87. The predicted molar refractivity (Wildman–Crippen MR) is 143 cm³/mol. The van der Waals surface area contributed by atoms with Crippen LogP contribution in [-0.2, 0) is 20.9 Å². The first kappa shape index (κ1) is 28.8. The molecule has 2 amide bonds. The van der Waals surface area contributed by atoms with Crippen LogP contribution in [0.3, 0.4) is 0 Å². The summed E-state index contributed by atoms with van der Waals surface area (Å²) in [5.41, 5.74) is 1.34. The van der Waals surface area contributed by atoms with Gasteiger partial charge in [0, 0.05) is 54.2 Å². The summed E-state index contributed by atoms with van der Waals surface area (Å²) >= 11 is 0. The smallest absolute Gasteiger partial charge is 0.407 e. The van der Waals surface area contributed by atoms with E-state index in [1.807, 2.05) is 6.92 Å². The highest BCUT2D eigenvalue weighted by Crippen LogP contribution is 2.23. The Morgan fingerprint density at radius 2 is 2.05 bits per heavy atom. The van der Waals surface area contributed by atoms with Gasteiger partial charge in [-0.2, -0.15) is 0 Å². The van der Waals surface area contributed by atoms with Crippen molar-refractivity contribution in [1.82, 2.24) is 24.8 Å². The van der Waals surface area contributed by atoms with E-state index in [1.165, 1.54) is 4.90 Å². The van der Waals surface area contributed by atoms with Crippen molar-refractivity contribution in [1.29, 1.82) is 0 Å². The number of piperidine rings is 1. The number of hydrogen-bond acceptors (Lipinski definition) is 8. The Balaban J connectivity index is 1.87. The van der Waals surface area contributed by atoms with Gasteiger partial charge in [-0.1, -0.05) is 19.6 Å². The average molecular weight is 537 g/mol. The topological polar surface area (TPSA) is 140 Å². The third-order valence-electron chi connectivity index (χ3n) is 6.29. The molecule has 3 N–H and O–H groups in total. The number of anilines is 1. The molecule has 2 aromatic heterocycles. The van der Waals surface area contributed by atoms with Crippen LogP contribution in [0.15, 0.2) is 12.4 Å². The van der Waals surface area contributed by atoms with E-state index < -0.39 is 14.2 Å². The van der Waals surface area contributed by atoms with Crippen molar-refractivity contribution in [3.63, 3.8) is 0 Å². The summed E-state index contributed by atoms with van der Waals surface area (Å²) in [6, 6.07) is 0.529. The quantitative estimate of drug-likeness (QED) is 0.276. The number of methoxy groups -OCH3 is 2. The Morgan fingerprint density at radius 1 is 1.30 bits per heavy atom. The van der Waals surface area contributed by atoms with E-state index in [1.54, 1.807) is 31.2 Å². The number of ether oxygens (including phenoxy) is 3. The van der Waals surface area contributed by atoms with Gasteiger partial charge >= 0.3 is 6.09 Å². The number of carbonyl (C=O) groups is 2. The minimum atomic E-state index is -1.24. The van der Waals surface area contributed by atoms with Crippen LogP contribution >= 0.6 is 0 Å². The van der Waals surface area contributed by atoms with E-state index in [0.717, 1.165) is 6.04 Å². The molecule has 13 heteroatoms. The van der Waals surface area contributed by atoms with Crippen molar-refractivity contribution >= 4 is 37.1 Å². The molecule has 1 aliphatic rings. The molecule has 1 fully saturated rings. The Bertz CT molecular complexity index is 1070. The summed E-state index contributed by atoms with van der Waals surface area (Å²) in [5.74, 6) is 0.148. The lowest BCUT2D eigenvalue weighted by Gasteiger charge is -2.36. The van der Waals surface area contributed by atoms with E-state index in [4.69, 9.17) is 19.2 Å². The zero-order chi connectivity index (χ0) is 27.2. The summed E-state index contributed by atoms with van der Waals surface area (Å²) < 4.78 is 18.4. The maximum absolute atomic E-state index is 13.1. The van der Waals surface area contributed by atoms with Crippen molar-refractivity contribution in [3.8, 4) is 0 Å². The second-order valence-electron chi connectivity index (χ2n) is 10.7. The lowest BCUT2D eigenvalue weighted by Crippen LogP contribution is -2.52. The molecule has 0 saturated carbocycles. The number of nitrogens with zero attached hydrogens (tertiary/aromatic N) is 4. The lowest BCUT2D eigenvalue weighted by atomic mass is 10.0. The van der Waals surface area contributed by atoms with Crippen LogP contribution < -0.4 is 10.6 Å². The molecule has 12 nitrogen and oxygen atoms in total. The lowest BCUT2D eigenvalue weighted by molar-refractivity contribution is 0.0323. The molecule has 3 rings (SSSR count). The normalized spacial score (nSPS) is 19.1. The van der Waals surface area contributed by atoms with Gasteiger partial charge in [-0.15, -0.1) is 0 Å². The number of nitrogens with one attached hydrogen (secondary N) is 2. The molecule has 3 atom stereocenters. The number of carboxylic acid groups (broad SMARTS) is 1. The Labute approximate surface area is 218 Å². The number of rotatable bonds is 12. The fourth-order valence-corrected chi connectivity index (χ4v) is 4.99. The van der Waals surface area contributed by atoms with Gasteiger partial charge in [0.1, 0.15) is 18.1 Å². The van der Waals surface area contributed by atoms with Crippen LogP contribution in [-0.4, -0.2) is 103 Å². The molecule has 0 unspecified atom stereocenters. The first-order valence-corrected chi connectivity index (χ1v) is 16.2. The maximum Gasteiger partial charge on any atom is 0.407 e. The highest BCUT2D eigenvalue weighted by atomic mass is 28.3. The van der Waals surface area contributed by atoms with Crippen molar-refractivity contribution < 1.29 is 28.9 Å². The molecule has 2 aromatic rings. The molecule has 0 aromatic carbocycles. The van der Waals surface area contributed by atoms with Crippen molar-refractivity contribution in [3.05, 3.63) is 18.0 Å². The number of fused-ring (bicyclic) bond motifs is 1. The van der Waals surface area contributed by atoms with Crippen LogP contribution in [0.1, 0.15) is 23.7 Å². The predicted octanol–water partition coefficient (Wildman–Crippen LogP) is 2.69. The zero-order valence-electron chi connectivity index (χ0n) is 22.6. The van der Waals surface area contributed by atoms with Gasteiger partial charge in [-0.05, 0) is 19.4 Å². The third kappa shape index (κ3) is 7.87. The summed E-state index contributed by atoms with van der Waals surface area (Å²) in [4.78, 5) is 35.3. The highest BCUT2D eigenvalue weighted by Gasteiger charge is 2.32. The van der Waals surface area contributed by atoms with E-state index in [2.05, 4.69) is 35.3 Å². The Morgan fingerprint density at radius 3 is 2.70 bits per heavy atom. The molecule has 3 heterocycles. The van der Waals surface area contributed by atoms with E-state index in [-0.39, 0.29) is 37.4 Å². The van der Waals surface area contributed by atoms with Gasteiger partial charge < -0.3 is 39.4 Å². The fourth-order valence-electron chi connectivity index (χ4n) is 4.24. The van der Waals surface area contributed by atoms with Crippen molar-refractivity contribution in [2.75, 3.05) is 45.8 Å². The molecule has 0 radical (unpaired) electrons. The first-order chi connectivity index (χ1) is 17.5. The molecule has 37 heavy (non-hydrogen) atoms. The minimum absolute atomic E-state index is 0.185. The average Bonchev–Trinajstić information content (AvgIpc) is 3.19. The first-order valence-electron chi connectivity index (χ1n) is 12.5. The minimum Gasteiger partial charge on any atom is -0.465 e. The monoisotopic (exact) mass is 536 g/mol. The molecule has 0 bridgehead atoms. The maximum atomic E-state index is 13.1. The van der Waals surface area contributed by atoms with Gasteiger partial charge in [-0.25, -0.2) is 14.8 Å². The van der Waals surface area contributed by atoms with E-state index in [9.17, 15) is 14.7 Å². The van der Waals surface area contributed by atoms with Crippen LogP contribution in [0.4, 0.5) is 10.6 Å². The number of carbonyl (C=O) groups excluding carboxylic acids is 1. The standard InChI is InChI=1S/C24H40N6O6Si/c1-16(14-34-2)26-23(31)17-12-30(15-36-9-10-37(4,5)6)22-21(17)28-20(11-25-22)27-18-13-29(24(32)33)8-7-19(18)35-3/h11-12,16,18-19H,7-10,13-15H2,1-6H3,(H,26,31)(H,27,28)(H,32,33)/t16-,18+,19-/m1/s1. The third-order valence-corrected chi connectivity index (χ3v) is 7.99. The van der Waals surface area contributed by atoms with E-state index >= 15 is 0 Å². The van der Waals surface area contributed by atoms with Gasteiger partial charge in [0.15, 0.2) is 5.65 Å². The van der Waals surface area contributed by atoms with Crippen LogP contribution in [0.5, 0.6) is 0 Å². The van der Waals surface area contributed by atoms with Crippen LogP contribution in [0.2, 0.25) is 25.7 Å². The number of aromatic nitrogens is 3. The zero-order valence-corrected chi connectivity index (χ0v) is 23.6. The van der Waals surface area contributed by atoms with Crippen molar-refractivity contribution in [2.45, 2.75) is 63.9 Å². The van der Waals surface area contributed by atoms with Crippen LogP contribution in [0.25, 0.3) is 11.2 Å². The summed E-state index contributed by atoms with van der Waals surface area (Å²) in [6.07, 6.45) is 2.70. The molecular formula is C24H40N6O6Si. The molecule has 1 aliphatic heterocycles. The number of likely N-dealkylation sites (tertiary alicyclic amines) is 1. The van der Waals surface area contributed by atoms with Crippen molar-refractivity contribution in [2.24, 2.45) is 0 Å². The highest BCUT2D eigenvalue weighted by molar-refractivity contribution is 6.76. The number of amides is 2. The molecule has 0 aliphatic carbocycles. The summed E-state index contributed by atoms with van der Waals surface area (Å²) in [7, 11) is 1.96. The Hall–Kier alpha value is -2.74. The van der Waals surface area contributed by atoms with E-state index in [0.29, 0.717) is 48.7 Å².